The van der Waals surface area contributed by atoms with Crippen LogP contribution in [0.15, 0.2) is 36.4 Å². The van der Waals surface area contributed by atoms with Crippen molar-refractivity contribution in [3.63, 3.8) is 0 Å². The smallest absolute Gasteiger partial charge is 0.279 e. The molecule has 130 valence electrons. The van der Waals surface area contributed by atoms with E-state index in [1.165, 1.54) is 18.9 Å². The number of nitrogens with zero attached hydrogens (tertiary/aromatic N) is 3. The Morgan fingerprint density at radius 2 is 1.56 bits per heavy atom. The minimum Gasteiger partial charge on any atom is -0.337 e. The maximum absolute atomic E-state index is 12.5. The molecule has 8 nitrogen and oxygen atoms in total. The van der Waals surface area contributed by atoms with Gasteiger partial charge >= 0.3 is 0 Å². The number of benzene rings is 2. The zero-order chi connectivity index (χ0) is 18.7. The van der Waals surface area contributed by atoms with Gasteiger partial charge in [0.05, 0.1) is 15.4 Å². The molecule has 2 aromatic rings. The van der Waals surface area contributed by atoms with Crippen molar-refractivity contribution < 1.29 is 14.6 Å². The maximum Gasteiger partial charge on any atom is 0.279 e. The second kappa shape index (κ2) is 7.27. The summed E-state index contributed by atoms with van der Waals surface area (Å²) < 4.78 is 0. The van der Waals surface area contributed by atoms with Crippen LogP contribution in [-0.2, 0) is 6.54 Å². The number of amides is 1. The summed E-state index contributed by atoms with van der Waals surface area (Å²) in [6.45, 7) is 1.51. The lowest BCUT2D eigenvalue weighted by Crippen LogP contribution is -2.26. The van der Waals surface area contributed by atoms with Gasteiger partial charge in [0.15, 0.2) is 0 Å². The largest absolute Gasteiger partial charge is 0.337 e. The molecule has 0 aliphatic heterocycles. The number of hydrogen-bond acceptors (Lipinski definition) is 5. The Balaban J connectivity index is 2.35. The average Bonchev–Trinajstić information content (AvgIpc) is 2.55. The quantitative estimate of drug-likeness (QED) is 0.594. The highest BCUT2D eigenvalue weighted by Gasteiger charge is 2.26. The Morgan fingerprint density at radius 3 is 2.00 bits per heavy atom. The first-order valence-electron chi connectivity index (χ1n) is 7.14. The monoisotopic (exact) mass is 363 g/mol. The van der Waals surface area contributed by atoms with Crippen LogP contribution in [0.1, 0.15) is 21.5 Å². The first-order valence-corrected chi connectivity index (χ1v) is 7.52. The molecule has 25 heavy (non-hydrogen) atoms. The molecule has 0 bridgehead atoms. The fourth-order valence-electron chi connectivity index (χ4n) is 2.34. The second-order valence-corrected chi connectivity index (χ2v) is 5.88. The number of nitro benzene ring substituents is 2. The van der Waals surface area contributed by atoms with Gasteiger partial charge in [0.2, 0.25) is 0 Å². The zero-order valence-electron chi connectivity index (χ0n) is 13.4. The van der Waals surface area contributed by atoms with Gasteiger partial charge < -0.3 is 4.90 Å². The van der Waals surface area contributed by atoms with E-state index in [9.17, 15) is 25.0 Å². The van der Waals surface area contributed by atoms with Gasteiger partial charge in [-0.2, -0.15) is 0 Å². The zero-order valence-corrected chi connectivity index (χ0v) is 14.2. The van der Waals surface area contributed by atoms with Crippen LogP contribution in [0.3, 0.4) is 0 Å². The van der Waals surface area contributed by atoms with Gasteiger partial charge in [-0.3, -0.25) is 25.0 Å². The minimum absolute atomic E-state index is 0.0908. The summed E-state index contributed by atoms with van der Waals surface area (Å²) >= 11 is 5.81. The topological polar surface area (TPSA) is 107 Å². The van der Waals surface area contributed by atoms with Crippen molar-refractivity contribution in [1.82, 2.24) is 4.90 Å². The highest BCUT2D eigenvalue weighted by atomic mass is 35.5. The predicted octanol–water partition coefficient (Wildman–Crippen LogP) is 3.74. The van der Waals surface area contributed by atoms with E-state index in [0.717, 1.165) is 17.7 Å². The molecule has 0 aromatic heterocycles. The third-order valence-corrected chi connectivity index (χ3v) is 3.92. The van der Waals surface area contributed by atoms with Crippen LogP contribution in [0.25, 0.3) is 0 Å². The van der Waals surface area contributed by atoms with Crippen molar-refractivity contribution in [2.45, 2.75) is 13.5 Å². The normalized spacial score (nSPS) is 10.4. The molecular formula is C16H14ClN3O5. The summed E-state index contributed by atoms with van der Waals surface area (Å²) in [7, 11) is 1.51. The van der Waals surface area contributed by atoms with Crippen molar-refractivity contribution in [2.75, 3.05) is 7.05 Å². The minimum atomic E-state index is -0.738. The molecule has 0 saturated carbocycles. The fraction of sp³-hybridized carbons (Fsp3) is 0.188. The molecule has 0 N–H and O–H groups in total. The van der Waals surface area contributed by atoms with Crippen molar-refractivity contribution in [1.29, 1.82) is 0 Å². The number of hydrogen-bond donors (Lipinski definition) is 0. The predicted molar refractivity (Wildman–Crippen MR) is 91.7 cm³/mol. The van der Waals surface area contributed by atoms with Crippen molar-refractivity contribution in [2.24, 2.45) is 0 Å². The number of carbonyl (C=O) groups is 1. The van der Waals surface area contributed by atoms with E-state index in [-0.39, 0.29) is 17.7 Å². The number of nitro groups is 2. The Hall–Kier alpha value is -3.00. The van der Waals surface area contributed by atoms with Gasteiger partial charge in [-0.25, -0.2) is 0 Å². The van der Waals surface area contributed by atoms with Gasteiger partial charge in [0.1, 0.15) is 5.56 Å². The number of carbonyl (C=O) groups excluding carboxylic acids is 1. The third kappa shape index (κ3) is 4.10. The van der Waals surface area contributed by atoms with Crippen molar-refractivity contribution in [3.05, 3.63) is 78.3 Å². The first kappa shape index (κ1) is 18.3. The Morgan fingerprint density at radius 1 is 1.08 bits per heavy atom. The lowest BCUT2D eigenvalue weighted by Gasteiger charge is -2.17. The van der Waals surface area contributed by atoms with E-state index in [4.69, 9.17) is 11.6 Å². The highest BCUT2D eigenvalue weighted by molar-refractivity contribution is 6.30. The van der Waals surface area contributed by atoms with Gasteiger partial charge in [0, 0.05) is 30.7 Å². The van der Waals surface area contributed by atoms with Crippen LogP contribution in [0.2, 0.25) is 5.02 Å². The molecule has 0 spiro atoms. The van der Waals surface area contributed by atoms with E-state index in [0.29, 0.717) is 5.02 Å². The van der Waals surface area contributed by atoms with E-state index < -0.39 is 27.1 Å². The summed E-state index contributed by atoms with van der Waals surface area (Å²) in [4.78, 5) is 34.6. The van der Waals surface area contributed by atoms with Crippen LogP contribution in [0, 0.1) is 27.2 Å². The van der Waals surface area contributed by atoms with Crippen LogP contribution in [0.4, 0.5) is 11.4 Å². The Labute approximate surface area is 147 Å². The molecule has 0 fully saturated rings. The molecule has 0 atom stereocenters. The second-order valence-electron chi connectivity index (χ2n) is 5.44. The van der Waals surface area contributed by atoms with Crippen LogP contribution in [0.5, 0.6) is 0 Å². The summed E-state index contributed by atoms with van der Waals surface area (Å²) in [6.07, 6.45) is 0. The van der Waals surface area contributed by atoms with Gasteiger partial charge in [-0.15, -0.1) is 0 Å². The van der Waals surface area contributed by atoms with E-state index in [2.05, 4.69) is 0 Å². The molecule has 0 unspecified atom stereocenters. The third-order valence-electron chi connectivity index (χ3n) is 3.67. The van der Waals surface area contributed by atoms with E-state index in [1.807, 2.05) is 0 Å². The molecule has 9 heteroatoms. The first-order chi connectivity index (χ1) is 11.7. The fourth-order valence-corrected chi connectivity index (χ4v) is 2.47. The van der Waals surface area contributed by atoms with Crippen molar-refractivity contribution in [3.8, 4) is 0 Å². The summed E-state index contributed by atoms with van der Waals surface area (Å²) in [5.74, 6) is -0.554. The summed E-state index contributed by atoms with van der Waals surface area (Å²) in [5, 5.41) is 22.8. The standard InChI is InChI=1S/C16H14ClN3O5/c1-10-14(19(22)23)7-12(8-15(10)20(24)25)16(21)18(2)9-11-3-5-13(17)6-4-11/h3-8H,9H2,1-2H3. The molecule has 0 aliphatic carbocycles. The van der Waals surface area contributed by atoms with Gasteiger partial charge in [-0.1, -0.05) is 23.7 Å². The molecule has 2 rings (SSSR count). The Kier molecular flexibility index (Phi) is 5.33. The van der Waals surface area contributed by atoms with E-state index in [1.54, 1.807) is 24.3 Å². The van der Waals surface area contributed by atoms with Gasteiger partial charge in [-0.05, 0) is 24.6 Å². The number of rotatable bonds is 5. The van der Waals surface area contributed by atoms with E-state index >= 15 is 0 Å². The van der Waals surface area contributed by atoms with Gasteiger partial charge in [0.25, 0.3) is 17.3 Å². The molecule has 0 saturated heterocycles. The maximum atomic E-state index is 12.5. The van der Waals surface area contributed by atoms with Crippen LogP contribution >= 0.6 is 11.6 Å². The molecule has 0 radical (unpaired) electrons. The molecule has 1 amide bonds. The SMILES string of the molecule is Cc1c([N+](=O)[O-])cc(C(=O)N(C)Cc2ccc(Cl)cc2)cc1[N+](=O)[O-]. The van der Waals surface area contributed by atoms with Crippen LogP contribution in [-0.4, -0.2) is 27.7 Å². The summed E-state index contributed by atoms with van der Waals surface area (Å²) in [5.41, 5.74) is -0.321. The summed E-state index contributed by atoms with van der Waals surface area (Å²) in [6, 6.07) is 8.96. The number of halogens is 1. The van der Waals surface area contributed by atoms with Crippen molar-refractivity contribution >= 4 is 28.9 Å². The molecular weight excluding hydrogens is 350 g/mol. The lowest BCUT2D eigenvalue weighted by molar-refractivity contribution is -0.395. The highest BCUT2D eigenvalue weighted by Crippen LogP contribution is 2.30. The molecule has 0 heterocycles. The molecule has 2 aromatic carbocycles. The molecule has 0 aliphatic rings. The average molecular weight is 364 g/mol. The van der Waals surface area contributed by atoms with Crippen LogP contribution < -0.4 is 0 Å². The lowest BCUT2D eigenvalue weighted by atomic mass is 10.1. The Bertz CT molecular complexity index is 816.